The van der Waals surface area contributed by atoms with Gasteiger partial charge < -0.3 is 32.4 Å². The highest BCUT2D eigenvalue weighted by molar-refractivity contribution is 5.53. The average molecular weight is 384 g/mol. The van der Waals surface area contributed by atoms with Crippen LogP contribution in [0.3, 0.4) is 0 Å². The first-order chi connectivity index (χ1) is 11.9. The zero-order chi connectivity index (χ0) is 18.3. The standard InChI is InChI=1S/C21H39N4.ClH/c1-23(2)15-8-6-5-7-9-17-25(3,4)21-14-16-24(18-21)20-12-10-19(22)11-13-20;/h10-13,21H,5-9,14-18,22H2,1-4H3;1H/q+1;. The normalized spacial score (nSPS) is 17.6. The molecule has 0 bridgehead atoms. The van der Waals surface area contributed by atoms with Crippen LogP contribution in [0.5, 0.6) is 0 Å². The molecule has 1 unspecified atom stereocenters. The highest BCUT2D eigenvalue weighted by Gasteiger charge is 2.34. The highest BCUT2D eigenvalue weighted by Crippen LogP contribution is 2.26. The van der Waals surface area contributed by atoms with E-state index in [1.807, 2.05) is 12.1 Å². The molecule has 1 saturated heterocycles. The van der Waals surface area contributed by atoms with Gasteiger partial charge in [0.1, 0.15) is 6.04 Å². The van der Waals surface area contributed by atoms with Crippen LogP contribution in [0.25, 0.3) is 0 Å². The third-order valence-electron chi connectivity index (χ3n) is 5.82. The van der Waals surface area contributed by atoms with E-state index in [1.54, 1.807) is 4.90 Å². The number of hydrogen-bond donors (Lipinski definition) is 2. The van der Waals surface area contributed by atoms with Gasteiger partial charge in [-0.1, -0.05) is 6.42 Å². The average Bonchev–Trinajstić information content (AvgIpc) is 3.05. The number of rotatable bonds is 10. The molecule has 4 nitrogen and oxygen atoms in total. The minimum Gasteiger partial charge on any atom is -1.00 e. The molecule has 26 heavy (non-hydrogen) atoms. The second-order valence-electron chi connectivity index (χ2n) is 8.71. The molecule has 1 fully saturated rings. The Bertz CT molecular complexity index is 501. The Morgan fingerprint density at radius 2 is 1.65 bits per heavy atom. The summed E-state index contributed by atoms with van der Waals surface area (Å²) in [7, 11) is 9.34. The maximum atomic E-state index is 5.81. The topological polar surface area (TPSA) is 33.7 Å². The van der Waals surface area contributed by atoms with E-state index in [1.165, 1.54) is 70.4 Å². The number of benzene rings is 1. The largest absolute Gasteiger partial charge is 1.00 e. The van der Waals surface area contributed by atoms with Crippen molar-refractivity contribution in [2.24, 2.45) is 0 Å². The molecule has 0 saturated carbocycles. The Morgan fingerprint density at radius 1 is 1.04 bits per heavy atom. The number of unbranched alkanes of at least 4 members (excludes halogenated alkanes) is 4. The van der Waals surface area contributed by atoms with Gasteiger partial charge in [-0.3, -0.25) is 0 Å². The van der Waals surface area contributed by atoms with Crippen LogP contribution in [0.4, 0.5) is 11.4 Å². The molecule has 5 heteroatoms. The van der Waals surface area contributed by atoms with Gasteiger partial charge in [-0.05, 0) is 49.9 Å². The molecule has 1 aliphatic heterocycles. The predicted molar refractivity (Wildman–Crippen MR) is 109 cm³/mol. The van der Waals surface area contributed by atoms with Gasteiger partial charge in [-0.2, -0.15) is 0 Å². The van der Waals surface area contributed by atoms with Crippen molar-refractivity contribution in [3.8, 4) is 0 Å². The van der Waals surface area contributed by atoms with Crippen LogP contribution in [0.15, 0.2) is 24.3 Å². The summed E-state index contributed by atoms with van der Waals surface area (Å²) in [5.41, 5.74) is 7.98. The van der Waals surface area contributed by atoms with Crippen molar-refractivity contribution in [2.45, 2.75) is 44.6 Å². The Kier molecular flexibility index (Phi) is 9.77. The van der Waals surface area contributed by atoms with Gasteiger partial charge >= 0.3 is 0 Å². The molecule has 1 atom stereocenters. The second kappa shape index (κ2) is 11.0. The molecule has 1 aromatic rings. The lowest BCUT2D eigenvalue weighted by atomic mass is 10.1. The van der Waals surface area contributed by atoms with E-state index in [9.17, 15) is 0 Å². The van der Waals surface area contributed by atoms with E-state index in [0.29, 0.717) is 0 Å². The lowest BCUT2D eigenvalue weighted by Crippen LogP contribution is -3.05. The maximum Gasteiger partial charge on any atom is 0.108 e. The Hall–Kier alpha value is -0.970. The summed E-state index contributed by atoms with van der Waals surface area (Å²) in [6, 6.07) is 9.09. The van der Waals surface area contributed by atoms with Gasteiger partial charge in [-0.25, -0.2) is 0 Å². The van der Waals surface area contributed by atoms with Crippen LogP contribution in [0.2, 0.25) is 0 Å². The molecular formula is C21H40ClN4+. The maximum absolute atomic E-state index is 5.81. The molecule has 0 aliphatic carbocycles. The summed E-state index contributed by atoms with van der Waals surface area (Å²) < 4.78 is 1.16. The molecule has 150 valence electrons. The van der Waals surface area contributed by atoms with Gasteiger partial charge in [0.25, 0.3) is 0 Å². The number of anilines is 2. The summed E-state index contributed by atoms with van der Waals surface area (Å²) >= 11 is 0. The van der Waals surface area contributed by atoms with Crippen molar-refractivity contribution in [2.75, 3.05) is 65.0 Å². The van der Waals surface area contributed by atoms with E-state index >= 15 is 0 Å². The van der Waals surface area contributed by atoms with Crippen molar-refractivity contribution in [1.29, 1.82) is 0 Å². The van der Waals surface area contributed by atoms with Crippen molar-refractivity contribution in [1.82, 2.24) is 0 Å². The number of nitrogen functional groups attached to an aromatic ring is 1. The second-order valence-corrected chi connectivity index (χ2v) is 8.71. The molecule has 0 spiro atoms. The summed E-state index contributed by atoms with van der Waals surface area (Å²) in [5.74, 6) is 0. The van der Waals surface area contributed by atoms with Gasteiger partial charge in [-0.15, -0.1) is 0 Å². The molecule has 2 rings (SSSR count). The number of nitrogens with zero attached hydrogens (tertiary/aromatic N) is 2. The van der Waals surface area contributed by atoms with Gasteiger partial charge in [0, 0.05) is 24.3 Å². The summed E-state index contributed by atoms with van der Waals surface area (Å²) in [5, 5.41) is 0. The number of hydrogen-bond acceptors (Lipinski definition) is 2. The van der Waals surface area contributed by atoms with Crippen molar-refractivity contribution >= 4 is 11.4 Å². The van der Waals surface area contributed by atoms with Gasteiger partial charge in [0.05, 0.1) is 47.8 Å². The van der Waals surface area contributed by atoms with Gasteiger partial charge in [0.2, 0.25) is 0 Å². The lowest BCUT2D eigenvalue weighted by molar-refractivity contribution is -0.912. The zero-order valence-electron chi connectivity index (χ0n) is 17.3. The minimum absolute atomic E-state index is 0. The van der Waals surface area contributed by atoms with Crippen LogP contribution in [-0.2, 0) is 0 Å². The fourth-order valence-corrected chi connectivity index (χ4v) is 3.94. The van der Waals surface area contributed by atoms with Crippen molar-refractivity contribution in [3.63, 3.8) is 0 Å². The smallest absolute Gasteiger partial charge is 0.108 e. The molecular weight excluding hydrogens is 344 g/mol. The monoisotopic (exact) mass is 383 g/mol. The van der Waals surface area contributed by atoms with E-state index in [0.717, 1.165) is 16.2 Å². The van der Waals surface area contributed by atoms with Crippen molar-refractivity contribution in [3.05, 3.63) is 24.3 Å². The summed E-state index contributed by atoms with van der Waals surface area (Å²) in [6.45, 7) is 4.95. The van der Waals surface area contributed by atoms with E-state index in [4.69, 9.17) is 5.73 Å². The Balaban J connectivity index is 0.00000338. The molecule has 1 heterocycles. The first-order valence-electron chi connectivity index (χ1n) is 10.1. The molecule has 0 radical (unpaired) electrons. The van der Waals surface area contributed by atoms with Crippen LogP contribution < -0.4 is 27.9 Å². The number of quaternary nitrogens is 2. The Labute approximate surface area is 167 Å². The third kappa shape index (κ3) is 7.34. The zero-order valence-corrected chi connectivity index (χ0v) is 18.1. The fraction of sp³-hybridized carbons (Fsp3) is 0.714. The minimum atomic E-state index is 0. The van der Waals surface area contributed by atoms with Crippen LogP contribution >= 0.6 is 0 Å². The number of nitrogens with two attached hydrogens (primary N) is 1. The first kappa shape index (κ1) is 23.1. The fourth-order valence-electron chi connectivity index (χ4n) is 3.94. The summed E-state index contributed by atoms with van der Waals surface area (Å²) in [6.07, 6.45) is 8.21. The number of halogens is 1. The first-order valence-corrected chi connectivity index (χ1v) is 10.1. The molecule has 0 amide bonds. The van der Waals surface area contributed by atoms with Crippen molar-refractivity contribution < 1.29 is 21.8 Å². The highest BCUT2D eigenvalue weighted by atomic mass is 35.5. The molecule has 3 N–H and O–H groups in total. The number of nitrogens with one attached hydrogen (secondary N) is 1. The van der Waals surface area contributed by atoms with E-state index < -0.39 is 0 Å². The van der Waals surface area contributed by atoms with Crippen LogP contribution in [-0.4, -0.2) is 64.9 Å². The number of likely N-dealkylation sites (N-methyl/N-ethyl adjacent to an activating group) is 1. The third-order valence-corrected chi connectivity index (χ3v) is 5.82. The SMILES string of the molecule is C[NH+](C)CCCCCCC[N+](C)(C)C1CCN(c2ccc(N)cc2)C1.[Cl-]. The summed E-state index contributed by atoms with van der Waals surface area (Å²) in [4.78, 5) is 4.10. The lowest BCUT2D eigenvalue weighted by Gasteiger charge is -2.36. The molecule has 1 aromatic carbocycles. The van der Waals surface area contributed by atoms with Crippen LogP contribution in [0.1, 0.15) is 38.5 Å². The molecule has 0 aromatic heterocycles. The predicted octanol–water partition coefficient (Wildman–Crippen LogP) is -0.977. The Morgan fingerprint density at radius 3 is 2.31 bits per heavy atom. The van der Waals surface area contributed by atoms with E-state index in [-0.39, 0.29) is 12.4 Å². The molecule has 1 aliphatic rings. The quantitative estimate of drug-likeness (QED) is 0.309. The van der Waals surface area contributed by atoms with Gasteiger partial charge in [0.15, 0.2) is 0 Å². The van der Waals surface area contributed by atoms with E-state index in [2.05, 4.69) is 45.2 Å². The van der Waals surface area contributed by atoms with Crippen LogP contribution in [0, 0.1) is 0 Å².